The monoisotopic (exact) mass is 220 g/mol. The predicted molar refractivity (Wildman–Crippen MR) is 58.0 cm³/mol. The van der Waals surface area contributed by atoms with Gasteiger partial charge in [0.2, 0.25) is 0 Å². The van der Waals surface area contributed by atoms with E-state index in [2.05, 4.69) is 19.9 Å². The molecule has 3 N–H and O–H groups in total. The largest absolute Gasteiger partial charge is 0.396 e. The number of nitrogens with zero attached hydrogens (tertiary/aromatic N) is 2. The van der Waals surface area contributed by atoms with Crippen LogP contribution in [0.15, 0.2) is 17.2 Å². The number of rotatable bonds is 3. The predicted octanol–water partition coefficient (Wildman–Crippen LogP) is 0.00322. The number of hydrogen-bond acceptors (Lipinski definition) is 4. The lowest BCUT2D eigenvalue weighted by Gasteiger charge is -2.04. The van der Waals surface area contributed by atoms with Gasteiger partial charge in [0.15, 0.2) is 11.6 Å². The zero-order valence-corrected chi connectivity index (χ0v) is 8.82. The second-order valence-electron chi connectivity index (χ2n) is 3.39. The second kappa shape index (κ2) is 4.28. The van der Waals surface area contributed by atoms with Gasteiger partial charge in [0.1, 0.15) is 0 Å². The molecule has 2 heterocycles. The molecule has 0 aliphatic rings. The summed E-state index contributed by atoms with van der Waals surface area (Å²) >= 11 is 0. The van der Waals surface area contributed by atoms with Gasteiger partial charge in [-0.15, -0.1) is 0 Å². The molecule has 0 aliphatic carbocycles. The Kier molecular flexibility index (Phi) is 2.82. The quantitative estimate of drug-likeness (QED) is 0.678. The van der Waals surface area contributed by atoms with Crippen molar-refractivity contribution in [3.05, 3.63) is 34.0 Å². The van der Waals surface area contributed by atoms with Crippen LogP contribution in [0.1, 0.15) is 11.3 Å². The first-order valence-corrected chi connectivity index (χ1v) is 4.92. The molecular weight excluding hydrogens is 208 g/mol. The van der Waals surface area contributed by atoms with Crippen LogP contribution in [0.4, 0.5) is 0 Å². The number of aliphatic hydroxyl groups excluding tert-OH is 1. The standard InChI is InChI=1S/C10H12N4O2/c1-6-7(2-5-15)10(16)14-9(13-6)8-11-3-4-12-8/h3-4,15H,2,5H2,1H3,(H,11,12)(H,13,14,16). The molecule has 0 aliphatic heterocycles. The van der Waals surface area contributed by atoms with Gasteiger partial charge in [0, 0.05) is 36.7 Å². The van der Waals surface area contributed by atoms with E-state index >= 15 is 0 Å². The van der Waals surface area contributed by atoms with Gasteiger partial charge in [0.25, 0.3) is 5.56 Å². The first kappa shape index (κ1) is 10.6. The highest BCUT2D eigenvalue weighted by atomic mass is 16.3. The van der Waals surface area contributed by atoms with E-state index in [0.717, 1.165) is 0 Å². The summed E-state index contributed by atoms with van der Waals surface area (Å²) in [7, 11) is 0. The van der Waals surface area contributed by atoms with E-state index in [9.17, 15) is 4.79 Å². The van der Waals surface area contributed by atoms with Crippen molar-refractivity contribution in [3.63, 3.8) is 0 Å². The molecule has 0 fully saturated rings. The highest BCUT2D eigenvalue weighted by molar-refractivity contribution is 5.43. The smallest absolute Gasteiger partial charge is 0.254 e. The van der Waals surface area contributed by atoms with E-state index < -0.39 is 0 Å². The average Bonchev–Trinajstić information content (AvgIpc) is 2.76. The lowest BCUT2D eigenvalue weighted by Crippen LogP contribution is -2.18. The molecule has 0 atom stereocenters. The van der Waals surface area contributed by atoms with E-state index in [1.54, 1.807) is 19.3 Å². The molecule has 0 bridgehead atoms. The van der Waals surface area contributed by atoms with Crippen LogP contribution in [0.3, 0.4) is 0 Å². The van der Waals surface area contributed by atoms with E-state index in [1.165, 1.54) is 0 Å². The molecule has 16 heavy (non-hydrogen) atoms. The normalized spacial score (nSPS) is 10.6. The third-order valence-corrected chi connectivity index (χ3v) is 2.31. The molecule has 2 aromatic heterocycles. The number of nitrogens with one attached hydrogen (secondary N) is 2. The van der Waals surface area contributed by atoms with Crippen molar-refractivity contribution < 1.29 is 5.11 Å². The van der Waals surface area contributed by atoms with Crippen LogP contribution in [0, 0.1) is 6.92 Å². The Labute approximate surface area is 91.4 Å². The van der Waals surface area contributed by atoms with Gasteiger partial charge in [-0.1, -0.05) is 0 Å². The minimum atomic E-state index is -0.229. The Balaban J connectivity index is 2.49. The van der Waals surface area contributed by atoms with Crippen LogP contribution < -0.4 is 5.56 Å². The molecule has 0 unspecified atom stereocenters. The molecular formula is C10H12N4O2. The summed E-state index contributed by atoms with van der Waals surface area (Å²) in [6.07, 6.45) is 3.56. The fraction of sp³-hybridized carbons (Fsp3) is 0.300. The third-order valence-electron chi connectivity index (χ3n) is 2.31. The zero-order valence-electron chi connectivity index (χ0n) is 8.82. The first-order chi connectivity index (χ1) is 7.72. The Bertz CT molecular complexity index is 530. The fourth-order valence-electron chi connectivity index (χ4n) is 1.52. The van der Waals surface area contributed by atoms with Gasteiger partial charge in [-0.3, -0.25) is 4.79 Å². The summed E-state index contributed by atoms with van der Waals surface area (Å²) in [5, 5.41) is 8.82. The fourth-order valence-corrected chi connectivity index (χ4v) is 1.52. The lowest BCUT2D eigenvalue weighted by molar-refractivity contribution is 0.298. The molecule has 0 saturated heterocycles. The van der Waals surface area contributed by atoms with E-state index in [4.69, 9.17) is 5.11 Å². The maximum Gasteiger partial charge on any atom is 0.254 e. The number of H-pyrrole nitrogens is 2. The van der Waals surface area contributed by atoms with Crippen molar-refractivity contribution in [2.24, 2.45) is 0 Å². The first-order valence-electron chi connectivity index (χ1n) is 4.92. The van der Waals surface area contributed by atoms with Crippen LogP contribution in [-0.2, 0) is 6.42 Å². The number of aromatic nitrogens is 4. The van der Waals surface area contributed by atoms with E-state index in [0.29, 0.717) is 29.3 Å². The molecule has 6 heteroatoms. The van der Waals surface area contributed by atoms with Gasteiger partial charge < -0.3 is 15.1 Å². The lowest BCUT2D eigenvalue weighted by atomic mass is 10.2. The second-order valence-corrected chi connectivity index (χ2v) is 3.39. The summed E-state index contributed by atoms with van der Waals surface area (Å²) in [5.41, 5.74) is 0.898. The summed E-state index contributed by atoms with van der Waals surface area (Å²) in [6, 6.07) is 0. The maximum atomic E-state index is 11.7. The van der Waals surface area contributed by atoms with Crippen LogP contribution in [-0.4, -0.2) is 31.6 Å². The highest BCUT2D eigenvalue weighted by Gasteiger charge is 2.09. The zero-order chi connectivity index (χ0) is 11.5. The Hall–Kier alpha value is -1.95. The molecule has 0 spiro atoms. The van der Waals surface area contributed by atoms with Crippen molar-refractivity contribution in [2.45, 2.75) is 13.3 Å². The van der Waals surface area contributed by atoms with Gasteiger partial charge in [0.05, 0.1) is 0 Å². The van der Waals surface area contributed by atoms with E-state index in [1.807, 2.05) is 0 Å². The molecule has 2 rings (SSSR count). The van der Waals surface area contributed by atoms with Crippen LogP contribution >= 0.6 is 0 Å². The number of aromatic amines is 2. The van der Waals surface area contributed by atoms with E-state index in [-0.39, 0.29) is 12.2 Å². The molecule has 0 amide bonds. The summed E-state index contributed by atoms with van der Waals surface area (Å²) in [6.45, 7) is 1.68. The third kappa shape index (κ3) is 1.87. The van der Waals surface area contributed by atoms with Crippen LogP contribution in [0.25, 0.3) is 11.6 Å². The Morgan fingerprint density at radius 2 is 2.25 bits per heavy atom. The number of imidazole rings is 1. The number of hydrogen-bond donors (Lipinski definition) is 3. The van der Waals surface area contributed by atoms with Crippen molar-refractivity contribution in [2.75, 3.05) is 6.61 Å². The Morgan fingerprint density at radius 3 is 2.81 bits per heavy atom. The summed E-state index contributed by atoms with van der Waals surface area (Å²) in [5.74, 6) is 0.935. The molecule has 6 nitrogen and oxygen atoms in total. The summed E-state index contributed by atoms with van der Waals surface area (Å²) in [4.78, 5) is 25.4. The van der Waals surface area contributed by atoms with Crippen LogP contribution in [0.5, 0.6) is 0 Å². The van der Waals surface area contributed by atoms with Crippen LogP contribution in [0.2, 0.25) is 0 Å². The topological polar surface area (TPSA) is 94.7 Å². The molecule has 0 saturated carbocycles. The number of aryl methyl sites for hydroxylation is 1. The number of aliphatic hydroxyl groups is 1. The van der Waals surface area contributed by atoms with Gasteiger partial charge in [-0.05, 0) is 6.92 Å². The average molecular weight is 220 g/mol. The van der Waals surface area contributed by atoms with Gasteiger partial charge in [-0.2, -0.15) is 0 Å². The minimum absolute atomic E-state index is 0.0638. The van der Waals surface area contributed by atoms with Gasteiger partial charge in [-0.25, -0.2) is 9.97 Å². The molecule has 2 aromatic rings. The van der Waals surface area contributed by atoms with Gasteiger partial charge >= 0.3 is 0 Å². The molecule has 0 aromatic carbocycles. The Morgan fingerprint density at radius 1 is 1.44 bits per heavy atom. The minimum Gasteiger partial charge on any atom is -0.396 e. The van der Waals surface area contributed by atoms with Crippen molar-refractivity contribution in [1.29, 1.82) is 0 Å². The van der Waals surface area contributed by atoms with Crippen molar-refractivity contribution in [1.82, 2.24) is 19.9 Å². The molecule has 0 radical (unpaired) electrons. The maximum absolute atomic E-state index is 11.7. The van der Waals surface area contributed by atoms with Crippen molar-refractivity contribution >= 4 is 0 Å². The SMILES string of the molecule is Cc1nc(-c2ncc[nH]2)[nH]c(=O)c1CCO. The molecule has 84 valence electrons. The summed E-state index contributed by atoms with van der Waals surface area (Å²) < 4.78 is 0. The van der Waals surface area contributed by atoms with Crippen molar-refractivity contribution in [3.8, 4) is 11.6 Å². The highest BCUT2D eigenvalue weighted by Crippen LogP contribution is 2.08.